The first-order valence-electron chi connectivity index (χ1n) is 5.39. The summed E-state index contributed by atoms with van der Waals surface area (Å²) in [6.45, 7) is 6.26. The summed E-state index contributed by atoms with van der Waals surface area (Å²) < 4.78 is 0. The summed E-state index contributed by atoms with van der Waals surface area (Å²) in [6, 6.07) is 1.79. The van der Waals surface area contributed by atoms with E-state index in [1.165, 1.54) is 11.3 Å². The van der Waals surface area contributed by atoms with Crippen molar-refractivity contribution >= 4 is 17.2 Å². The molecule has 90 valence electrons. The van der Waals surface area contributed by atoms with Gasteiger partial charge in [-0.2, -0.15) is 11.3 Å². The zero-order valence-electron chi connectivity index (χ0n) is 9.99. The summed E-state index contributed by atoms with van der Waals surface area (Å²) in [4.78, 5) is 11.9. The largest absolute Gasteiger partial charge is 0.396 e. The van der Waals surface area contributed by atoms with Crippen LogP contribution in [-0.4, -0.2) is 23.7 Å². The number of carbonyl (C=O) groups excluding carboxylic acids is 1. The first kappa shape index (κ1) is 13.2. The van der Waals surface area contributed by atoms with Gasteiger partial charge >= 0.3 is 0 Å². The monoisotopic (exact) mass is 241 g/mol. The average molecular weight is 241 g/mol. The fourth-order valence-corrected chi connectivity index (χ4v) is 2.12. The fourth-order valence-electron chi connectivity index (χ4n) is 1.49. The molecule has 0 bridgehead atoms. The number of hydrogen-bond acceptors (Lipinski definition) is 3. The molecule has 1 amide bonds. The third kappa shape index (κ3) is 3.61. The second kappa shape index (κ2) is 5.46. The predicted molar refractivity (Wildman–Crippen MR) is 66.7 cm³/mol. The zero-order chi connectivity index (χ0) is 12.2. The Hall–Kier alpha value is -0.870. The number of hydrogen-bond donors (Lipinski definition) is 2. The van der Waals surface area contributed by atoms with E-state index in [1.807, 2.05) is 10.8 Å². The SMILES string of the molecule is CC(C)(C)C(CCO)NC(=O)c1ccsc1. The third-order valence-corrected chi connectivity index (χ3v) is 3.24. The lowest BCUT2D eigenvalue weighted by atomic mass is 9.85. The lowest BCUT2D eigenvalue weighted by Gasteiger charge is -2.31. The second-order valence-electron chi connectivity index (χ2n) is 4.92. The van der Waals surface area contributed by atoms with E-state index in [4.69, 9.17) is 5.11 Å². The summed E-state index contributed by atoms with van der Waals surface area (Å²) in [5.74, 6) is -0.0605. The van der Waals surface area contributed by atoms with Gasteiger partial charge < -0.3 is 10.4 Å². The summed E-state index contributed by atoms with van der Waals surface area (Å²) >= 11 is 1.51. The molecule has 0 spiro atoms. The van der Waals surface area contributed by atoms with E-state index in [-0.39, 0.29) is 24.0 Å². The van der Waals surface area contributed by atoms with E-state index >= 15 is 0 Å². The second-order valence-corrected chi connectivity index (χ2v) is 5.70. The molecule has 1 atom stereocenters. The van der Waals surface area contributed by atoms with E-state index in [2.05, 4.69) is 26.1 Å². The molecule has 0 aliphatic carbocycles. The number of carbonyl (C=O) groups is 1. The van der Waals surface area contributed by atoms with Crippen LogP contribution in [-0.2, 0) is 0 Å². The minimum atomic E-state index is -0.0605. The van der Waals surface area contributed by atoms with Gasteiger partial charge in [-0.3, -0.25) is 4.79 Å². The van der Waals surface area contributed by atoms with Crippen LogP contribution in [0.15, 0.2) is 16.8 Å². The van der Waals surface area contributed by atoms with Crippen molar-refractivity contribution in [1.29, 1.82) is 0 Å². The molecule has 0 aromatic carbocycles. The van der Waals surface area contributed by atoms with Crippen LogP contribution in [0.5, 0.6) is 0 Å². The number of aliphatic hydroxyl groups excluding tert-OH is 1. The highest BCUT2D eigenvalue weighted by atomic mass is 32.1. The lowest BCUT2D eigenvalue weighted by molar-refractivity contribution is 0.0885. The van der Waals surface area contributed by atoms with Crippen LogP contribution in [0.2, 0.25) is 0 Å². The molecule has 4 heteroatoms. The summed E-state index contributed by atoms with van der Waals surface area (Å²) in [5.41, 5.74) is 0.645. The van der Waals surface area contributed by atoms with Crippen molar-refractivity contribution in [3.8, 4) is 0 Å². The number of amides is 1. The molecule has 16 heavy (non-hydrogen) atoms. The van der Waals surface area contributed by atoms with Crippen LogP contribution in [0.4, 0.5) is 0 Å². The molecule has 0 fully saturated rings. The van der Waals surface area contributed by atoms with Gasteiger partial charge in [0.15, 0.2) is 0 Å². The van der Waals surface area contributed by atoms with Gasteiger partial charge in [0.1, 0.15) is 0 Å². The highest BCUT2D eigenvalue weighted by Gasteiger charge is 2.25. The number of nitrogens with one attached hydrogen (secondary N) is 1. The Balaban J connectivity index is 2.66. The van der Waals surface area contributed by atoms with Crippen LogP contribution >= 0.6 is 11.3 Å². The van der Waals surface area contributed by atoms with Crippen molar-refractivity contribution in [3.05, 3.63) is 22.4 Å². The van der Waals surface area contributed by atoms with Crippen molar-refractivity contribution in [1.82, 2.24) is 5.32 Å². The van der Waals surface area contributed by atoms with Crippen molar-refractivity contribution in [2.24, 2.45) is 5.41 Å². The van der Waals surface area contributed by atoms with E-state index in [0.29, 0.717) is 12.0 Å². The van der Waals surface area contributed by atoms with Crippen molar-refractivity contribution in [3.63, 3.8) is 0 Å². The number of thiophene rings is 1. The maximum absolute atomic E-state index is 11.9. The minimum Gasteiger partial charge on any atom is -0.396 e. The summed E-state index contributed by atoms with van der Waals surface area (Å²) in [6.07, 6.45) is 0.583. The zero-order valence-corrected chi connectivity index (χ0v) is 10.8. The normalized spacial score (nSPS) is 13.5. The van der Waals surface area contributed by atoms with Gasteiger partial charge in [-0.15, -0.1) is 0 Å². The molecule has 0 saturated heterocycles. The summed E-state index contributed by atoms with van der Waals surface area (Å²) in [7, 11) is 0. The molecule has 0 aliphatic rings. The first-order valence-corrected chi connectivity index (χ1v) is 6.33. The van der Waals surface area contributed by atoms with Crippen molar-refractivity contribution in [2.75, 3.05) is 6.61 Å². The van der Waals surface area contributed by atoms with Gasteiger partial charge in [0, 0.05) is 23.6 Å². The Morgan fingerprint density at radius 2 is 2.25 bits per heavy atom. The minimum absolute atomic E-state index is 0.00935. The van der Waals surface area contributed by atoms with Crippen LogP contribution < -0.4 is 5.32 Å². The molecule has 1 heterocycles. The topological polar surface area (TPSA) is 49.3 Å². The Morgan fingerprint density at radius 3 is 2.69 bits per heavy atom. The number of aliphatic hydroxyl groups is 1. The van der Waals surface area contributed by atoms with E-state index in [9.17, 15) is 4.79 Å². The maximum atomic E-state index is 11.9. The van der Waals surface area contributed by atoms with E-state index in [1.54, 1.807) is 6.07 Å². The standard InChI is InChI=1S/C12H19NO2S/c1-12(2,3)10(4-6-14)13-11(15)9-5-7-16-8-9/h5,7-8,10,14H,4,6H2,1-3H3,(H,13,15). The third-order valence-electron chi connectivity index (χ3n) is 2.55. The van der Waals surface area contributed by atoms with Gasteiger partial charge in [-0.1, -0.05) is 20.8 Å². The molecule has 1 aromatic rings. The van der Waals surface area contributed by atoms with Crippen LogP contribution in [0, 0.1) is 5.41 Å². The summed E-state index contributed by atoms with van der Waals surface area (Å²) in [5, 5.41) is 15.7. The lowest BCUT2D eigenvalue weighted by Crippen LogP contribution is -2.44. The van der Waals surface area contributed by atoms with Crippen LogP contribution in [0.1, 0.15) is 37.6 Å². The Bertz CT molecular complexity index is 327. The van der Waals surface area contributed by atoms with Crippen LogP contribution in [0.3, 0.4) is 0 Å². The van der Waals surface area contributed by atoms with Gasteiger partial charge in [0.05, 0.1) is 0 Å². The fraction of sp³-hybridized carbons (Fsp3) is 0.583. The molecule has 2 N–H and O–H groups in total. The Labute approximate surface area is 100 Å². The molecular weight excluding hydrogens is 222 g/mol. The van der Waals surface area contributed by atoms with Gasteiger partial charge in [0.25, 0.3) is 5.91 Å². The Morgan fingerprint density at radius 1 is 1.56 bits per heavy atom. The van der Waals surface area contributed by atoms with E-state index in [0.717, 1.165) is 0 Å². The highest BCUT2D eigenvalue weighted by molar-refractivity contribution is 7.08. The van der Waals surface area contributed by atoms with Gasteiger partial charge in [0.2, 0.25) is 0 Å². The molecule has 0 saturated carbocycles. The number of rotatable bonds is 4. The van der Waals surface area contributed by atoms with Crippen LogP contribution in [0.25, 0.3) is 0 Å². The molecule has 1 aromatic heterocycles. The first-order chi connectivity index (χ1) is 7.45. The Kier molecular flexibility index (Phi) is 4.50. The molecule has 3 nitrogen and oxygen atoms in total. The molecule has 1 rings (SSSR count). The molecule has 0 radical (unpaired) electrons. The smallest absolute Gasteiger partial charge is 0.252 e. The molecule has 0 aliphatic heterocycles. The predicted octanol–water partition coefficient (Wildman–Crippen LogP) is 2.28. The van der Waals surface area contributed by atoms with Gasteiger partial charge in [-0.25, -0.2) is 0 Å². The quantitative estimate of drug-likeness (QED) is 0.849. The molecule has 1 unspecified atom stereocenters. The average Bonchev–Trinajstić information content (AvgIpc) is 2.68. The van der Waals surface area contributed by atoms with Crippen molar-refractivity contribution < 1.29 is 9.90 Å². The molecular formula is C12H19NO2S. The van der Waals surface area contributed by atoms with E-state index < -0.39 is 0 Å². The van der Waals surface area contributed by atoms with Crippen molar-refractivity contribution in [2.45, 2.75) is 33.2 Å². The highest BCUT2D eigenvalue weighted by Crippen LogP contribution is 2.22. The van der Waals surface area contributed by atoms with Gasteiger partial charge in [-0.05, 0) is 23.3 Å². The maximum Gasteiger partial charge on any atom is 0.252 e.